The zero-order valence-corrected chi connectivity index (χ0v) is 97.5. The van der Waals surface area contributed by atoms with Crippen molar-refractivity contribution in [2.45, 2.75) is 233 Å². The van der Waals surface area contributed by atoms with Gasteiger partial charge >= 0.3 is 0 Å². The van der Waals surface area contributed by atoms with Crippen LogP contribution < -0.4 is 40.9 Å². The maximum Gasteiger partial charge on any atom is 0.198 e. The molecule has 8 fully saturated rings. The molecule has 28 heteroatoms. The highest BCUT2D eigenvalue weighted by atomic mass is 32.1. The third-order valence-electron chi connectivity index (χ3n) is 29.9. The summed E-state index contributed by atoms with van der Waals surface area (Å²) < 4.78 is 15.1. The van der Waals surface area contributed by atoms with Crippen LogP contribution in [0.3, 0.4) is 0 Å². The standard InChI is InChI=1S/2C16H22N2S.2C15H21N3S.2C15H20N2S.C14H19N3O.C14H19N3S/c1-11(2)16-17-14-10-13(4-5-15(14)19-16)12-6-8-18(3)9-7-12;1-11(2)16-17-14-5-4-13(10-15(14)19-16)12-6-8-18(3)9-7-12;1-11(2)15-16-13-10-12(4-5-14(13)19-15)18-8-6-17(3)7-9-18;1-11(2)15-16-13-5-4-12(10-14(13)19-15)18-8-6-17(3)7-9-18;1-10(2)15-17-13-9-12(3-4-14(13)18-15)11-5-7-16-8-6-11;1-10(2)15-17-13-4-3-12(9-14(13)18-15)11-5-7-16-8-6-11;1-10(2)14-16-12-9-11(3-4-13(12)18-14)17-7-5-15-6-8-17;1-10(2)14-16-12-4-3-11(9-13(12)18-14)17-7-5-15-6-8-17/h2*4-5,10-12H,6-9H2,1-3H3;2*4-5,10-11H,6-9H2,1-3H3;2*3-4,9-11,16H,5-8H2,1-2H3;2*3-4,9-10,15H,5-8H2,1-2H3. The second-order valence-corrected chi connectivity index (χ2v) is 51.9. The molecule has 24 rings (SSSR count). The van der Waals surface area contributed by atoms with Crippen molar-refractivity contribution in [3.63, 3.8) is 0 Å². The molecule has 8 aliphatic heterocycles. The van der Waals surface area contributed by atoms with Crippen molar-refractivity contribution in [1.82, 2.24) is 80.7 Å². The number of hydrogen-bond acceptors (Lipinski definition) is 28. The third kappa shape index (κ3) is 29.3. The Hall–Kier alpha value is -8.66. The monoisotopic (exact) mass is 2130 g/mol. The molecular weight excluding hydrogens is 1960 g/mol. The highest BCUT2D eigenvalue weighted by molar-refractivity contribution is 7.20. The quantitative estimate of drug-likeness (QED) is 0.0714. The molecule has 16 heterocycles. The normalized spacial score (nSPS) is 17.6. The Morgan fingerprint density at radius 2 is 0.473 bits per heavy atom. The molecule has 8 aromatic heterocycles. The minimum Gasteiger partial charge on any atom is -0.440 e. The predicted molar refractivity (Wildman–Crippen MR) is 642 cm³/mol. The number of nitrogens with zero attached hydrogens (tertiary/aromatic N) is 16. The zero-order valence-electron chi connectivity index (χ0n) is 91.8. The van der Waals surface area contributed by atoms with E-state index < -0.39 is 0 Å². The van der Waals surface area contributed by atoms with Crippen LogP contribution in [0.1, 0.15) is 296 Å². The van der Waals surface area contributed by atoms with Gasteiger partial charge in [-0.05, 0) is 299 Å². The van der Waals surface area contributed by atoms with Crippen molar-refractivity contribution in [3.8, 4) is 0 Å². The lowest BCUT2D eigenvalue weighted by atomic mass is 9.89. The maximum atomic E-state index is 5.73. The summed E-state index contributed by atoms with van der Waals surface area (Å²) in [6.45, 7) is 62.3. The summed E-state index contributed by atoms with van der Waals surface area (Å²) in [6.07, 6.45) is 10.2. The number of oxazole rings is 1. The van der Waals surface area contributed by atoms with Gasteiger partial charge in [0.2, 0.25) is 0 Å². The second-order valence-electron chi connectivity index (χ2n) is 44.4. The van der Waals surface area contributed by atoms with E-state index in [0.29, 0.717) is 47.3 Å². The molecule has 0 unspecified atom stereocenters. The minimum atomic E-state index is 0.333. The summed E-state index contributed by atoms with van der Waals surface area (Å²) in [7, 11) is 8.82. The lowest BCUT2D eigenvalue weighted by molar-refractivity contribution is 0.255. The summed E-state index contributed by atoms with van der Waals surface area (Å²) in [5.41, 5.74) is 21.3. The third-order valence-corrected chi connectivity index (χ3v) is 39.2. The van der Waals surface area contributed by atoms with Crippen molar-refractivity contribution >= 4 is 185 Å². The van der Waals surface area contributed by atoms with E-state index >= 15 is 0 Å². The largest absolute Gasteiger partial charge is 0.440 e. The first kappa shape index (κ1) is 111. The fourth-order valence-corrected chi connectivity index (χ4v) is 27.2. The van der Waals surface area contributed by atoms with E-state index in [4.69, 9.17) is 34.3 Å². The molecule has 8 aliphatic rings. The van der Waals surface area contributed by atoms with Crippen LogP contribution in [0, 0.1) is 0 Å². The molecule has 0 bridgehead atoms. The first-order chi connectivity index (χ1) is 71.5. The molecule has 148 heavy (non-hydrogen) atoms. The van der Waals surface area contributed by atoms with Gasteiger partial charge in [0, 0.05) is 175 Å². The van der Waals surface area contributed by atoms with Gasteiger partial charge in [-0.15, -0.1) is 79.4 Å². The van der Waals surface area contributed by atoms with Crippen molar-refractivity contribution in [3.05, 3.63) is 209 Å². The SMILES string of the molecule is CC(C)c1nc2cc(C3CCN(C)CC3)ccc2s1.CC(C)c1nc2cc(C3CCNCC3)ccc2s1.CC(C)c1nc2cc(N3CCN(C)CC3)ccc2s1.CC(C)c1nc2cc(N3CCNCC3)ccc2o1.CC(C)c1nc2ccc(C3CCN(C)CC3)cc2s1.CC(C)c1nc2ccc(C3CCNCC3)cc2s1.CC(C)c1nc2ccc(N3CCN(C)CC3)cc2s1.CC(C)c1nc2ccc(N3CCNCC3)cc2s1. The average molecular weight is 2130 g/mol. The fourth-order valence-electron chi connectivity index (χ4n) is 20.3. The Bertz CT molecular complexity index is 6060. The molecule has 0 spiro atoms. The van der Waals surface area contributed by atoms with E-state index in [1.165, 1.54) is 213 Å². The summed E-state index contributed by atoms with van der Waals surface area (Å²) in [5, 5.41) is 22.4. The fraction of sp³-hybridized carbons (Fsp3) is 0.533. The Morgan fingerprint density at radius 3 is 0.818 bits per heavy atom. The van der Waals surface area contributed by atoms with Crippen molar-refractivity contribution in [2.75, 3.05) is 205 Å². The predicted octanol–water partition coefficient (Wildman–Crippen LogP) is 27.8. The highest BCUT2D eigenvalue weighted by Crippen LogP contribution is 2.42. The van der Waals surface area contributed by atoms with Crippen LogP contribution in [0.2, 0.25) is 0 Å². The maximum absolute atomic E-state index is 5.73. The average Bonchev–Trinajstić information content (AvgIpc) is 1.63. The van der Waals surface area contributed by atoms with Gasteiger partial charge in [0.1, 0.15) is 5.52 Å². The molecule has 4 N–H and O–H groups in total. The summed E-state index contributed by atoms with van der Waals surface area (Å²) in [4.78, 5) is 57.1. The summed E-state index contributed by atoms with van der Waals surface area (Å²) in [6, 6.07) is 53.9. The van der Waals surface area contributed by atoms with E-state index in [2.05, 4.69) is 349 Å². The summed E-state index contributed by atoms with van der Waals surface area (Å²) in [5.74, 6) is 7.76. The Balaban J connectivity index is 0.000000115. The number of rotatable bonds is 16. The molecule has 0 aliphatic carbocycles. The Morgan fingerprint density at radius 1 is 0.223 bits per heavy atom. The highest BCUT2D eigenvalue weighted by Gasteiger charge is 2.27. The van der Waals surface area contributed by atoms with E-state index in [-0.39, 0.29) is 0 Å². The van der Waals surface area contributed by atoms with Crippen LogP contribution in [0.5, 0.6) is 0 Å². The lowest BCUT2D eigenvalue weighted by Crippen LogP contribution is -2.44. The molecule has 792 valence electrons. The van der Waals surface area contributed by atoms with Gasteiger partial charge < -0.3 is 64.9 Å². The van der Waals surface area contributed by atoms with Gasteiger partial charge in [-0.1, -0.05) is 135 Å². The number of piperidine rings is 4. The Labute approximate surface area is 909 Å². The molecular formula is C120H164N20OS7. The molecule has 0 atom stereocenters. The van der Waals surface area contributed by atoms with Crippen LogP contribution in [0.25, 0.3) is 82.6 Å². The van der Waals surface area contributed by atoms with Crippen LogP contribution in [0.4, 0.5) is 22.7 Å². The van der Waals surface area contributed by atoms with Crippen LogP contribution in [-0.4, -0.2) is 245 Å². The van der Waals surface area contributed by atoms with Gasteiger partial charge in [0.25, 0.3) is 0 Å². The van der Waals surface area contributed by atoms with Gasteiger partial charge in [0.05, 0.1) is 107 Å². The van der Waals surface area contributed by atoms with E-state index in [1.807, 2.05) is 85.4 Å². The number of likely N-dealkylation sites (N-methyl/N-ethyl adjacent to an activating group) is 2. The number of nitrogens with one attached hydrogen (secondary N) is 4. The molecule has 21 nitrogen and oxygen atoms in total. The van der Waals surface area contributed by atoms with Gasteiger partial charge in [-0.3, -0.25) is 0 Å². The van der Waals surface area contributed by atoms with E-state index in [1.54, 1.807) is 0 Å². The molecule has 16 aromatic rings. The molecule has 0 amide bonds. The molecule has 8 saturated heterocycles. The number of benzene rings is 8. The van der Waals surface area contributed by atoms with Crippen LogP contribution in [-0.2, 0) is 0 Å². The number of piperazine rings is 4. The lowest BCUT2D eigenvalue weighted by Gasteiger charge is -2.34. The zero-order chi connectivity index (χ0) is 104. The van der Waals surface area contributed by atoms with Crippen LogP contribution in [0.15, 0.2) is 150 Å². The van der Waals surface area contributed by atoms with E-state index in [9.17, 15) is 0 Å². The van der Waals surface area contributed by atoms with Crippen molar-refractivity contribution < 1.29 is 4.42 Å². The molecule has 0 radical (unpaired) electrons. The number of hydrogen-bond donors (Lipinski definition) is 4. The van der Waals surface area contributed by atoms with Crippen molar-refractivity contribution in [1.29, 1.82) is 0 Å². The molecule has 8 aromatic carbocycles. The number of thiazole rings is 7. The number of anilines is 4. The van der Waals surface area contributed by atoms with E-state index in [0.717, 1.165) is 188 Å². The van der Waals surface area contributed by atoms with Crippen molar-refractivity contribution in [2.24, 2.45) is 0 Å². The van der Waals surface area contributed by atoms with Crippen LogP contribution >= 0.6 is 79.4 Å². The smallest absolute Gasteiger partial charge is 0.198 e. The number of likely N-dealkylation sites (tertiary alicyclic amines) is 2. The topological polar surface area (TPSA) is 190 Å². The van der Waals surface area contributed by atoms with Gasteiger partial charge in [-0.25, -0.2) is 39.9 Å². The van der Waals surface area contributed by atoms with Gasteiger partial charge in [0.15, 0.2) is 11.5 Å². The number of fused-ring (bicyclic) bond motifs is 8. The first-order valence-corrected chi connectivity index (χ1v) is 61.0. The number of aromatic nitrogens is 8. The van der Waals surface area contributed by atoms with Gasteiger partial charge in [-0.2, -0.15) is 0 Å². The second kappa shape index (κ2) is 52.3. The summed E-state index contributed by atoms with van der Waals surface area (Å²) >= 11 is 12.9. The Kier molecular flexibility index (Phi) is 39.1. The first-order valence-electron chi connectivity index (χ1n) is 55.3. The minimum absolute atomic E-state index is 0.333. The molecule has 0 saturated carbocycles.